The van der Waals surface area contributed by atoms with Gasteiger partial charge in [0.25, 0.3) is 0 Å². The molecule has 3 aliphatic rings. The van der Waals surface area contributed by atoms with Crippen molar-refractivity contribution in [3.63, 3.8) is 0 Å². The molecule has 4 rings (SSSR count). The summed E-state index contributed by atoms with van der Waals surface area (Å²) in [6, 6.07) is -0.0746. The third-order valence-corrected chi connectivity index (χ3v) is 5.61. The summed E-state index contributed by atoms with van der Waals surface area (Å²) < 4.78 is 5.37. The van der Waals surface area contributed by atoms with Crippen LogP contribution in [0.3, 0.4) is 0 Å². The van der Waals surface area contributed by atoms with Crippen molar-refractivity contribution in [1.29, 1.82) is 0 Å². The van der Waals surface area contributed by atoms with Crippen molar-refractivity contribution in [3.8, 4) is 0 Å². The van der Waals surface area contributed by atoms with E-state index in [1.807, 2.05) is 11.8 Å². The van der Waals surface area contributed by atoms with Crippen LogP contribution in [0.25, 0.3) is 0 Å². The lowest BCUT2D eigenvalue weighted by Crippen LogP contribution is -2.35. The number of thioether (sulfide) groups is 1. The normalized spacial score (nSPS) is 23.3. The lowest BCUT2D eigenvalue weighted by molar-refractivity contribution is -0.132. The molecule has 0 aliphatic carbocycles. The van der Waals surface area contributed by atoms with Gasteiger partial charge in [-0.3, -0.25) is 9.79 Å². The zero-order chi connectivity index (χ0) is 16.5. The van der Waals surface area contributed by atoms with Crippen LogP contribution in [0.1, 0.15) is 50.4 Å². The van der Waals surface area contributed by atoms with Gasteiger partial charge >= 0.3 is 0 Å². The first-order chi connectivity index (χ1) is 11.8. The maximum absolute atomic E-state index is 12.9. The molecule has 24 heavy (non-hydrogen) atoms. The Kier molecular flexibility index (Phi) is 4.30. The average molecular weight is 347 g/mol. The van der Waals surface area contributed by atoms with Crippen molar-refractivity contribution in [2.45, 2.75) is 45.1 Å². The quantitative estimate of drug-likeness (QED) is 0.832. The Bertz CT molecular complexity index is 698. The molecule has 0 spiro atoms. The molecule has 7 nitrogen and oxygen atoms in total. The van der Waals surface area contributed by atoms with Crippen molar-refractivity contribution < 1.29 is 9.32 Å². The highest BCUT2D eigenvalue weighted by Crippen LogP contribution is 2.35. The summed E-state index contributed by atoms with van der Waals surface area (Å²) in [7, 11) is 0. The number of aliphatic imine (C=N–C) groups is 1. The lowest BCUT2D eigenvalue weighted by atomic mass is 10.2. The first kappa shape index (κ1) is 15.7. The molecule has 0 bridgehead atoms. The van der Waals surface area contributed by atoms with E-state index >= 15 is 0 Å². The predicted molar refractivity (Wildman–Crippen MR) is 91.3 cm³/mol. The molecule has 0 N–H and O–H groups in total. The molecule has 0 radical (unpaired) electrons. The molecule has 0 unspecified atom stereocenters. The van der Waals surface area contributed by atoms with Crippen molar-refractivity contribution in [3.05, 3.63) is 22.8 Å². The average Bonchev–Trinajstić information content (AvgIpc) is 3.34. The molecule has 8 heteroatoms. The number of amidine groups is 1. The maximum atomic E-state index is 12.9. The molecule has 128 valence electrons. The highest BCUT2D eigenvalue weighted by atomic mass is 32.2. The zero-order valence-electron chi connectivity index (χ0n) is 13.8. The van der Waals surface area contributed by atoms with Crippen LogP contribution in [0.4, 0.5) is 0 Å². The van der Waals surface area contributed by atoms with E-state index in [-0.39, 0.29) is 11.9 Å². The highest BCUT2D eigenvalue weighted by Gasteiger charge is 2.35. The standard InChI is InChI=1S/C16H21N5O2S/c1-2-13-18-15(23-19-13)12-5-3-7-21(12)14(22)9-11-10-24-16-17-6-4-8-20(11)16/h10,12H,2-9H2,1H3/t12-/m0/s1. The van der Waals surface area contributed by atoms with Crippen LogP contribution < -0.4 is 0 Å². The summed E-state index contributed by atoms with van der Waals surface area (Å²) in [5, 5.41) is 7.07. The van der Waals surface area contributed by atoms with Gasteiger partial charge in [-0.25, -0.2) is 0 Å². The van der Waals surface area contributed by atoms with Crippen LogP contribution in [0, 0.1) is 0 Å². The number of nitrogens with zero attached hydrogens (tertiary/aromatic N) is 5. The molecule has 3 aliphatic heterocycles. The number of carbonyl (C=O) groups excluding carboxylic acids is 1. The van der Waals surface area contributed by atoms with Crippen LogP contribution in [0.5, 0.6) is 0 Å². The first-order valence-corrected chi connectivity index (χ1v) is 9.44. The van der Waals surface area contributed by atoms with Gasteiger partial charge in [-0.2, -0.15) is 4.98 Å². The van der Waals surface area contributed by atoms with E-state index in [0.29, 0.717) is 18.1 Å². The summed E-state index contributed by atoms with van der Waals surface area (Å²) in [5.74, 6) is 1.41. The fourth-order valence-corrected chi connectivity index (χ4v) is 4.35. The Morgan fingerprint density at radius 2 is 2.33 bits per heavy atom. The van der Waals surface area contributed by atoms with E-state index in [9.17, 15) is 4.79 Å². The second-order valence-electron chi connectivity index (χ2n) is 6.22. The summed E-state index contributed by atoms with van der Waals surface area (Å²) in [6.45, 7) is 4.60. The van der Waals surface area contributed by atoms with Gasteiger partial charge in [0.15, 0.2) is 11.0 Å². The minimum absolute atomic E-state index is 0.0746. The van der Waals surface area contributed by atoms with Gasteiger partial charge in [0.2, 0.25) is 11.8 Å². The molecule has 1 fully saturated rings. The predicted octanol–water partition coefficient (Wildman–Crippen LogP) is 2.34. The zero-order valence-corrected chi connectivity index (χ0v) is 14.6. The van der Waals surface area contributed by atoms with E-state index < -0.39 is 0 Å². The van der Waals surface area contributed by atoms with E-state index in [4.69, 9.17) is 4.52 Å². The Hall–Kier alpha value is -1.83. The van der Waals surface area contributed by atoms with Crippen molar-refractivity contribution in [2.24, 2.45) is 4.99 Å². The molecule has 4 heterocycles. The largest absolute Gasteiger partial charge is 0.337 e. The minimum Gasteiger partial charge on any atom is -0.337 e. The van der Waals surface area contributed by atoms with Gasteiger partial charge in [-0.15, -0.1) is 0 Å². The van der Waals surface area contributed by atoms with Crippen LogP contribution in [0.2, 0.25) is 0 Å². The highest BCUT2D eigenvalue weighted by molar-refractivity contribution is 8.16. The Morgan fingerprint density at radius 1 is 1.42 bits per heavy atom. The second kappa shape index (κ2) is 6.58. The number of likely N-dealkylation sites (tertiary alicyclic amines) is 1. The van der Waals surface area contributed by atoms with Crippen LogP contribution >= 0.6 is 11.8 Å². The molecular formula is C16H21N5O2S. The number of aromatic nitrogens is 2. The summed E-state index contributed by atoms with van der Waals surface area (Å²) in [4.78, 5) is 25.9. The minimum atomic E-state index is -0.0746. The van der Waals surface area contributed by atoms with Crippen LogP contribution in [0.15, 0.2) is 20.6 Å². The van der Waals surface area contributed by atoms with Crippen LogP contribution in [-0.4, -0.2) is 50.6 Å². The number of rotatable bonds is 4. The molecule has 0 aromatic carbocycles. The fraction of sp³-hybridized carbons (Fsp3) is 0.625. The fourth-order valence-electron chi connectivity index (χ4n) is 3.40. The van der Waals surface area contributed by atoms with Gasteiger partial charge in [-0.05, 0) is 24.7 Å². The van der Waals surface area contributed by atoms with Gasteiger partial charge in [0.05, 0.1) is 6.42 Å². The molecule has 0 saturated carbocycles. The second-order valence-corrected chi connectivity index (χ2v) is 7.06. The number of aryl methyl sites for hydroxylation is 1. The third-order valence-electron chi connectivity index (χ3n) is 4.66. The molecular weight excluding hydrogens is 326 g/mol. The topological polar surface area (TPSA) is 74.8 Å². The number of hydrogen-bond donors (Lipinski definition) is 0. The van der Waals surface area contributed by atoms with E-state index in [0.717, 1.165) is 56.2 Å². The Labute approximate surface area is 145 Å². The summed E-state index contributed by atoms with van der Waals surface area (Å²) in [6.07, 6.45) is 4.07. The maximum Gasteiger partial charge on any atom is 0.249 e. The monoisotopic (exact) mass is 347 g/mol. The number of carbonyl (C=O) groups is 1. The van der Waals surface area contributed by atoms with Gasteiger partial charge < -0.3 is 14.3 Å². The van der Waals surface area contributed by atoms with Gasteiger partial charge in [0.1, 0.15) is 6.04 Å². The number of hydrogen-bond acceptors (Lipinski definition) is 7. The van der Waals surface area contributed by atoms with E-state index in [1.54, 1.807) is 11.8 Å². The SMILES string of the molecule is CCc1noc([C@@H]2CCCN2C(=O)CC2=CSC3=NCCCN23)n1. The molecule has 1 aromatic heterocycles. The van der Waals surface area contributed by atoms with Crippen molar-refractivity contribution in [2.75, 3.05) is 19.6 Å². The van der Waals surface area contributed by atoms with Crippen LogP contribution in [-0.2, 0) is 11.2 Å². The third kappa shape index (κ3) is 2.83. The molecule has 1 saturated heterocycles. The molecule has 1 aromatic rings. The number of amides is 1. The lowest BCUT2D eigenvalue weighted by Gasteiger charge is -2.27. The number of fused-ring (bicyclic) bond motifs is 1. The summed E-state index contributed by atoms with van der Waals surface area (Å²) >= 11 is 1.62. The van der Waals surface area contributed by atoms with E-state index in [1.165, 1.54) is 0 Å². The smallest absolute Gasteiger partial charge is 0.249 e. The van der Waals surface area contributed by atoms with Gasteiger partial charge in [-0.1, -0.05) is 23.8 Å². The van der Waals surface area contributed by atoms with Gasteiger partial charge in [0, 0.05) is 31.8 Å². The van der Waals surface area contributed by atoms with Crippen molar-refractivity contribution >= 4 is 22.8 Å². The Balaban J connectivity index is 1.45. The summed E-state index contributed by atoms with van der Waals surface area (Å²) in [5.41, 5.74) is 1.06. The molecule has 1 atom stereocenters. The van der Waals surface area contributed by atoms with Crippen molar-refractivity contribution in [1.82, 2.24) is 19.9 Å². The molecule has 1 amide bonds. The first-order valence-electron chi connectivity index (χ1n) is 8.56. The van der Waals surface area contributed by atoms with E-state index in [2.05, 4.69) is 25.4 Å². The Morgan fingerprint density at radius 3 is 3.17 bits per heavy atom.